The third-order valence-corrected chi connectivity index (χ3v) is 4.85. The van der Waals surface area contributed by atoms with Crippen LogP contribution in [0.25, 0.3) is 22.6 Å². The molecule has 1 aromatic carbocycles. The number of benzene rings is 1. The first kappa shape index (κ1) is 12.2. The Morgan fingerprint density at radius 2 is 2.09 bits per heavy atom. The highest BCUT2D eigenvalue weighted by atomic mass is 16.5. The van der Waals surface area contributed by atoms with Crippen molar-refractivity contribution in [2.24, 2.45) is 5.92 Å². The molecule has 2 aliphatic rings. The maximum Gasteiger partial charge on any atom is 0.132 e. The Balaban J connectivity index is 1.72. The van der Waals surface area contributed by atoms with E-state index in [0.29, 0.717) is 5.92 Å². The Morgan fingerprint density at radius 3 is 2.77 bits per heavy atom. The molecule has 0 N–H and O–H groups in total. The third kappa shape index (κ3) is 1.57. The maximum absolute atomic E-state index is 5.66. The summed E-state index contributed by atoms with van der Waals surface area (Å²) in [5.41, 5.74) is 3.94. The van der Waals surface area contributed by atoms with E-state index in [1.54, 1.807) is 6.26 Å². The maximum atomic E-state index is 5.66. The van der Waals surface area contributed by atoms with E-state index in [2.05, 4.69) is 26.8 Å². The predicted octanol–water partition coefficient (Wildman–Crippen LogP) is 2.95. The van der Waals surface area contributed by atoms with E-state index in [9.17, 15) is 0 Å². The van der Waals surface area contributed by atoms with Gasteiger partial charge < -0.3 is 13.8 Å². The van der Waals surface area contributed by atoms with Gasteiger partial charge >= 0.3 is 0 Å². The Kier molecular flexibility index (Phi) is 2.38. The highest BCUT2D eigenvalue weighted by Crippen LogP contribution is 2.56. The third-order valence-electron chi connectivity index (χ3n) is 4.85. The zero-order valence-electron chi connectivity index (χ0n) is 12.0. The first-order valence-corrected chi connectivity index (χ1v) is 7.50. The van der Waals surface area contributed by atoms with Crippen LogP contribution in [0.15, 0.2) is 53.5 Å². The molecule has 0 bridgehead atoms. The number of imidazole rings is 1. The first-order chi connectivity index (χ1) is 10.9. The van der Waals surface area contributed by atoms with Crippen LogP contribution in [0.5, 0.6) is 0 Å². The average Bonchev–Trinajstić information content (AvgIpc) is 3.07. The molecule has 0 amide bonds. The van der Waals surface area contributed by atoms with E-state index < -0.39 is 0 Å². The second kappa shape index (κ2) is 4.30. The van der Waals surface area contributed by atoms with E-state index in [-0.39, 0.29) is 5.54 Å². The number of ether oxygens (including phenoxy) is 1. The first-order valence-electron chi connectivity index (χ1n) is 7.50. The number of aromatic nitrogens is 3. The molecule has 0 radical (unpaired) electrons. The summed E-state index contributed by atoms with van der Waals surface area (Å²) in [5.74, 6) is 0.593. The fourth-order valence-electron chi connectivity index (χ4n) is 3.57. The number of hydrogen-bond acceptors (Lipinski definition) is 4. The Labute approximate surface area is 127 Å². The molecule has 5 heteroatoms. The summed E-state index contributed by atoms with van der Waals surface area (Å²) in [7, 11) is 0. The summed E-state index contributed by atoms with van der Waals surface area (Å²) in [6.45, 7) is 1.60. The molecule has 1 aliphatic carbocycles. The van der Waals surface area contributed by atoms with E-state index in [0.717, 1.165) is 42.3 Å². The van der Waals surface area contributed by atoms with Gasteiger partial charge in [-0.2, -0.15) is 0 Å². The minimum absolute atomic E-state index is 0.0638. The van der Waals surface area contributed by atoms with Crippen molar-refractivity contribution in [1.29, 1.82) is 0 Å². The Bertz CT molecular complexity index is 810. The van der Waals surface area contributed by atoms with Crippen molar-refractivity contribution in [3.8, 4) is 22.6 Å². The van der Waals surface area contributed by atoms with Crippen LogP contribution in [0.2, 0.25) is 0 Å². The molecule has 1 saturated carbocycles. The van der Waals surface area contributed by atoms with Crippen molar-refractivity contribution in [2.45, 2.75) is 12.0 Å². The normalized spacial score (nSPS) is 26.1. The van der Waals surface area contributed by atoms with Gasteiger partial charge in [0.05, 0.1) is 36.5 Å². The standard InChI is InChI=1S/C17H15N3O2/c1-2-4-12(5-3-1)15-16(14-6-7-22-19-14)20(11-18-15)17-8-13(17)9-21-10-17/h1-7,11,13H,8-10H2/t13-,17+/m1/s1. The summed E-state index contributed by atoms with van der Waals surface area (Å²) in [6.07, 6.45) is 4.69. The van der Waals surface area contributed by atoms with Gasteiger partial charge in [-0.25, -0.2) is 4.98 Å². The highest BCUT2D eigenvalue weighted by Gasteiger charge is 2.60. The van der Waals surface area contributed by atoms with Crippen molar-refractivity contribution >= 4 is 0 Å². The predicted molar refractivity (Wildman–Crippen MR) is 80.1 cm³/mol. The zero-order chi connectivity index (χ0) is 14.6. The number of hydrogen-bond donors (Lipinski definition) is 0. The van der Waals surface area contributed by atoms with Crippen molar-refractivity contribution in [2.75, 3.05) is 13.2 Å². The van der Waals surface area contributed by atoms with Gasteiger partial charge in [-0.15, -0.1) is 0 Å². The van der Waals surface area contributed by atoms with Gasteiger partial charge in [0.2, 0.25) is 0 Å². The molecule has 5 rings (SSSR count). The van der Waals surface area contributed by atoms with Crippen LogP contribution in [0.3, 0.4) is 0 Å². The number of nitrogens with zero attached hydrogens (tertiary/aromatic N) is 3. The summed E-state index contributed by atoms with van der Waals surface area (Å²) >= 11 is 0. The van der Waals surface area contributed by atoms with Crippen molar-refractivity contribution < 1.29 is 9.26 Å². The van der Waals surface area contributed by atoms with Gasteiger partial charge in [0.15, 0.2) is 0 Å². The molecule has 1 saturated heterocycles. The molecule has 110 valence electrons. The second-order valence-electron chi connectivity index (χ2n) is 6.08. The summed E-state index contributed by atoms with van der Waals surface area (Å²) in [4.78, 5) is 4.68. The minimum Gasteiger partial charge on any atom is -0.379 e. The van der Waals surface area contributed by atoms with Crippen LogP contribution in [0.4, 0.5) is 0 Å². The van der Waals surface area contributed by atoms with E-state index in [4.69, 9.17) is 9.26 Å². The molecule has 3 aromatic rings. The molecule has 2 atom stereocenters. The molecular formula is C17H15N3O2. The fourth-order valence-corrected chi connectivity index (χ4v) is 3.57. The number of fused-ring (bicyclic) bond motifs is 1. The van der Waals surface area contributed by atoms with E-state index in [1.807, 2.05) is 30.6 Å². The summed E-state index contributed by atoms with van der Waals surface area (Å²) < 4.78 is 13.0. The molecule has 0 unspecified atom stereocenters. The topological polar surface area (TPSA) is 53.1 Å². The molecule has 2 aromatic heterocycles. The molecular weight excluding hydrogens is 278 g/mol. The lowest BCUT2D eigenvalue weighted by atomic mass is 10.1. The van der Waals surface area contributed by atoms with E-state index in [1.165, 1.54) is 0 Å². The second-order valence-corrected chi connectivity index (χ2v) is 6.08. The molecule has 2 fully saturated rings. The van der Waals surface area contributed by atoms with Gasteiger partial charge in [-0.05, 0) is 6.42 Å². The SMILES string of the molecule is c1ccc(-c2ncn([C@@]34COC[C@H]3C4)c2-c2ccon2)cc1. The molecule has 0 spiro atoms. The lowest BCUT2D eigenvalue weighted by molar-refractivity contribution is 0.148. The van der Waals surface area contributed by atoms with Crippen LogP contribution >= 0.6 is 0 Å². The zero-order valence-corrected chi connectivity index (χ0v) is 12.0. The van der Waals surface area contributed by atoms with E-state index >= 15 is 0 Å². The molecule has 5 nitrogen and oxygen atoms in total. The molecule has 22 heavy (non-hydrogen) atoms. The van der Waals surface area contributed by atoms with Gasteiger partial charge in [-0.1, -0.05) is 35.5 Å². The van der Waals surface area contributed by atoms with Gasteiger partial charge in [0.1, 0.15) is 12.0 Å². The summed E-state index contributed by atoms with van der Waals surface area (Å²) in [5, 5.41) is 4.15. The van der Waals surface area contributed by atoms with Crippen LogP contribution in [-0.4, -0.2) is 27.9 Å². The smallest absolute Gasteiger partial charge is 0.132 e. The average molecular weight is 293 g/mol. The quantitative estimate of drug-likeness (QED) is 0.745. The van der Waals surface area contributed by atoms with Crippen LogP contribution in [0, 0.1) is 5.92 Å². The van der Waals surface area contributed by atoms with Crippen LogP contribution < -0.4 is 0 Å². The van der Waals surface area contributed by atoms with Crippen LogP contribution in [0.1, 0.15) is 6.42 Å². The molecule has 1 aliphatic heterocycles. The van der Waals surface area contributed by atoms with Crippen molar-refractivity contribution in [3.05, 3.63) is 49.0 Å². The van der Waals surface area contributed by atoms with Gasteiger partial charge in [-0.3, -0.25) is 0 Å². The Hall–Kier alpha value is -2.40. The molecule has 3 heterocycles. The van der Waals surface area contributed by atoms with Gasteiger partial charge in [0.25, 0.3) is 0 Å². The lowest BCUT2D eigenvalue weighted by Gasteiger charge is -2.16. The minimum atomic E-state index is 0.0638. The largest absolute Gasteiger partial charge is 0.379 e. The Morgan fingerprint density at radius 1 is 1.18 bits per heavy atom. The van der Waals surface area contributed by atoms with Crippen LogP contribution in [-0.2, 0) is 10.3 Å². The lowest BCUT2D eigenvalue weighted by Crippen LogP contribution is -2.21. The fraction of sp³-hybridized carbons (Fsp3) is 0.294. The van der Waals surface area contributed by atoms with Gasteiger partial charge in [0, 0.05) is 17.5 Å². The van der Waals surface area contributed by atoms with Crippen molar-refractivity contribution in [3.63, 3.8) is 0 Å². The van der Waals surface area contributed by atoms with Crippen molar-refractivity contribution in [1.82, 2.24) is 14.7 Å². The number of rotatable bonds is 3. The summed E-state index contributed by atoms with van der Waals surface area (Å²) in [6, 6.07) is 12.1. The highest BCUT2D eigenvalue weighted by molar-refractivity contribution is 5.77. The monoisotopic (exact) mass is 293 g/mol.